The quantitative estimate of drug-likeness (QED) is 0.852. The smallest absolute Gasteiger partial charge is 0.223 e. The number of furan rings is 1. The van der Waals surface area contributed by atoms with Gasteiger partial charge in [0.25, 0.3) is 0 Å². The van der Waals surface area contributed by atoms with E-state index in [9.17, 15) is 4.79 Å². The third-order valence-corrected chi connectivity index (χ3v) is 2.88. The average molecular weight is 249 g/mol. The summed E-state index contributed by atoms with van der Waals surface area (Å²) in [6.07, 6.45) is 2.43. The van der Waals surface area contributed by atoms with E-state index in [-0.39, 0.29) is 11.9 Å². The first-order chi connectivity index (χ1) is 8.68. The monoisotopic (exact) mass is 249 g/mol. The van der Waals surface area contributed by atoms with Crippen molar-refractivity contribution in [3.63, 3.8) is 0 Å². The Balaban J connectivity index is 1.88. The highest BCUT2D eigenvalue weighted by molar-refractivity contribution is 5.76. The zero-order valence-corrected chi connectivity index (χ0v) is 10.3. The molecule has 1 N–H and O–H groups in total. The molecular weight excluding hydrogens is 234 g/mol. The minimum Gasteiger partial charge on any atom is -0.467 e. The van der Waals surface area contributed by atoms with E-state index in [1.807, 2.05) is 19.1 Å². The van der Waals surface area contributed by atoms with E-state index in [0.29, 0.717) is 18.7 Å². The van der Waals surface area contributed by atoms with Crippen molar-refractivity contribution < 1.29 is 9.21 Å². The molecule has 2 aromatic rings. The minimum absolute atomic E-state index is 0.0173. The maximum atomic E-state index is 12.0. The predicted octanol–water partition coefficient (Wildman–Crippen LogP) is 0.945. The molecule has 18 heavy (non-hydrogen) atoms. The number of aromatic nitrogens is 4. The highest BCUT2D eigenvalue weighted by Crippen LogP contribution is 2.19. The first kappa shape index (κ1) is 12.3. The number of nitrogens with zero attached hydrogens (tertiary/aromatic N) is 4. The Hall–Kier alpha value is -2.18. The molecule has 0 aliphatic heterocycles. The van der Waals surface area contributed by atoms with Crippen LogP contribution in [-0.4, -0.2) is 38.5 Å². The number of hydrogen-bond donors (Lipinski definition) is 1. The van der Waals surface area contributed by atoms with Gasteiger partial charge in [-0.2, -0.15) is 5.21 Å². The van der Waals surface area contributed by atoms with Crippen LogP contribution in [0.3, 0.4) is 0 Å². The van der Waals surface area contributed by atoms with Crippen molar-refractivity contribution >= 4 is 5.91 Å². The van der Waals surface area contributed by atoms with Crippen molar-refractivity contribution in [2.24, 2.45) is 0 Å². The van der Waals surface area contributed by atoms with Gasteiger partial charge >= 0.3 is 0 Å². The van der Waals surface area contributed by atoms with Crippen LogP contribution < -0.4 is 0 Å². The fourth-order valence-electron chi connectivity index (χ4n) is 1.62. The Morgan fingerprint density at radius 2 is 2.44 bits per heavy atom. The van der Waals surface area contributed by atoms with Crippen molar-refractivity contribution in [2.45, 2.75) is 25.8 Å². The number of tetrazole rings is 1. The summed E-state index contributed by atoms with van der Waals surface area (Å²) in [7, 11) is 1.76. The van der Waals surface area contributed by atoms with Gasteiger partial charge in [0.1, 0.15) is 5.76 Å². The topological polar surface area (TPSA) is 87.9 Å². The second-order valence-electron chi connectivity index (χ2n) is 4.02. The number of carbonyl (C=O) groups is 1. The van der Waals surface area contributed by atoms with E-state index < -0.39 is 0 Å². The van der Waals surface area contributed by atoms with E-state index in [1.165, 1.54) is 0 Å². The Morgan fingerprint density at radius 3 is 3.06 bits per heavy atom. The highest BCUT2D eigenvalue weighted by Gasteiger charge is 2.19. The van der Waals surface area contributed by atoms with Gasteiger partial charge in [0.2, 0.25) is 5.91 Å². The molecular formula is C11H15N5O2. The van der Waals surface area contributed by atoms with E-state index in [2.05, 4.69) is 20.6 Å². The first-order valence-corrected chi connectivity index (χ1v) is 5.70. The lowest BCUT2D eigenvalue weighted by Gasteiger charge is -2.23. The van der Waals surface area contributed by atoms with Gasteiger partial charge in [0, 0.05) is 19.9 Å². The maximum Gasteiger partial charge on any atom is 0.223 e. The fourth-order valence-corrected chi connectivity index (χ4v) is 1.62. The summed E-state index contributed by atoms with van der Waals surface area (Å²) in [4.78, 5) is 13.6. The van der Waals surface area contributed by atoms with Gasteiger partial charge in [0.05, 0.1) is 12.3 Å². The number of aryl methyl sites for hydroxylation is 1. The number of hydrogen-bond acceptors (Lipinski definition) is 5. The third kappa shape index (κ3) is 2.73. The fraction of sp³-hybridized carbons (Fsp3) is 0.455. The summed E-state index contributed by atoms with van der Waals surface area (Å²) in [6, 6.07) is 3.58. The number of H-pyrrole nitrogens is 1. The van der Waals surface area contributed by atoms with Crippen molar-refractivity contribution in [3.05, 3.63) is 30.0 Å². The lowest BCUT2D eigenvalue weighted by Crippen LogP contribution is -2.29. The summed E-state index contributed by atoms with van der Waals surface area (Å²) in [5.41, 5.74) is 0. The van der Waals surface area contributed by atoms with Crippen LogP contribution in [0.1, 0.15) is 31.0 Å². The Morgan fingerprint density at radius 1 is 1.61 bits per heavy atom. The van der Waals surface area contributed by atoms with Gasteiger partial charge in [-0.25, -0.2) is 0 Å². The second-order valence-corrected chi connectivity index (χ2v) is 4.02. The molecule has 0 spiro atoms. The third-order valence-electron chi connectivity index (χ3n) is 2.88. The van der Waals surface area contributed by atoms with Gasteiger partial charge in [0.15, 0.2) is 5.82 Å². The Bertz CT molecular complexity index is 480. The van der Waals surface area contributed by atoms with E-state index in [1.54, 1.807) is 18.2 Å². The molecule has 0 aliphatic carbocycles. The Labute approximate surface area is 104 Å². The molecule has 7 heteroatoms. The van der Waals surface area contributed by atoms with E-state index in [0.717, 1.165) is 5.76 Å². The lowest BCUT2D eigenvalue weighted by atomic mass is 10.2. The second kappa shape index (κ2) is 5.44. The van der Waals surface area contributed by atoms with Gasteiger partial charge in [-0.1, -0.05) is 5.21 Å². The molecule has 0 saturated carbocycles. The molecule has 0 radical (unpaired) electrons. The molecule has 7 nitrogen and oxygen atoms in total. The van der Waals surface area contributed by atoms with Crippen molar-refractivity contribution in [2.75, 3.05) is 7.05 Å². The van der Waals surface area contributed by atoms with Gasteiger partial charge in [-0.05, 0) is 19.1 Å². The molecule has 2 heterocycles. The standard InChI is InChI=1S/C11H15N5O2/c1-8(9-4-3-7-18-9)16(2)11(17)6-5-10-12-14-15-13-10/h3-4,7-8H,5-6H2,1-2H3,(H,12,13,14,15). The number of nitrogens with one attached hydrogen (secondary N) is 1. The molecule has 1 unspecified atom stereocenters. The van der Waals surface area contributed by atoms with Crippen LogP contribution in [0.5, 0.6) is 0 Å². The van der Waals surface area contributed by atoms with Crippen LogP contribution in [0, 0.1) is 0 Å². The van der Waals surface area contributed by atoms with Gasteiger partial charge < -0.3 is 9.32 Å². The summed E-state index contributed by atoms with van der Waals surface area (Å²) in [5, 5.41) is 13.4. The van der Waals surface area contributed by atoms with Crippen LogP contribution in [-0.2, 0) is 11.2 Å². The molecule has 0 bridgehead atoms. The van der Waals surface area contributed by atoms with Crippen LogP contribution in [0.15, 0.2) is 22.8 Å². The van der Waals surface area contributed by atoms with Crippen LogP contribution in [0.4, 0.5) is 0 Å². The molecule has 0 saturated heterocycles. The average Bonchev–Trinajstić information content (AvgIpc) is 3.06. The van der Waals surface area contributed by atoms with Crippen LogP contribution in [0.2, 0.25) is 0 Å². The van der Waals surface area contributed by atoms with Gasteiger partial charge in [-0.3, -0.25) is 4.79 Å². The highest BCUT2D eigenvalue weighted by atomic mass is 16.3. The van der Waals surface area contributed by atoms with Crippen LogP contribution in [0.25, 0.3) is 0 Å². The number of amides is 1. The predicted molar refractivity (Wildman–Crippen MR) is 62.4 cm³/mol. The SMILES string of the molecule is CC(c1ccco1)N(C)C(=O)CCc1nn[nH]n1. The summed E-state index contributed by atoms with van der Waals surface area (Å²) >= 11 is 0. The lowest BCUT2D eigenvalue weighted by molar-refractivity contribution is -0.132. The normalized spacial score (nSPS) is 12.3. The molecule has 2 rings (SSSR count). The molecule has 1 amide bonds. The summed E-state index contributed by atoms with van der Waals surface area (Å²) in [6.45, 7) is 1.92. The maximum absolute atomic E-state index is 12.0. The van der Waals surface area contributed by atoms with E-state index in [4.69, 9.17) is 4.42 Å². The van der Waals surface area contributed by atoms with Crippen molar-refractivity contribution in [1.29, 1.82) is 0 Å². The molecule has 0 aromatic carbocycles. The number of rotatable bonds is 5. The zero-order valence-electron chi connectivity index (χ0n) is 10.3. The molecule has 96 valence electrons. The largest absolute Gasteiger partial charge is 0.467 e. The zero-order chi connectivity index (χ0) is 13.0. The molecule has 1 atom stereocenters. The summed E-state index contributed by atoms with van der Waals surface area (Å²) in [5.74, 6) is 1.33. The van der Waals surface area contributed by atoms with Gasteiger partial charge in [-0.15, -0.1) is 10.2 Å². The summed E-state index contributed by atoms with van der Waals surface area (Å²) < 4.78 is 5.28. The molecule has 2 aromatic heterocycles. The first-order valence-electron chi connectivity index (χ1n) is 5.70. The molecule has 0 aliphatic rings. The van der Waals surface area contributed by atoms with Crippen molar-refractivity contribution in [3.8, 4) is 0 Å². The number of carbonyl (C=O) groups excluding carboxylic acids is 1. The number of aromatic amines is 1. The minimum atomic E-state index is -0.0854. The van der Waals surface area contributed by atoms with E-state index >= 15 is 0 Å². The Kier molecular flexibility index (Phi) is 3.71. The van der Waals surface area contributed by atoms with Crippen LogP contribution >= 0.6 is 0 Å². The molecule has 0 fully saturated rings. The van der Waals surface area contributed by atoms with Crippen molar-refractivity contribution in [1.82, 2.24) is 25.5 Å².